The molecule has 1 saturated carbocycles. The molecule has 2 aliphatic rings. The molecule has 4 rings (SSSR count). The van der Waals surface area contributed by atoms with E-state index in [1.54, 1.807) is 6.20 Å². The molecule has 0 spiro atoms. The molecule has 24 heavy (non-hydrogen) atoms. The summed E-state index contributed by atoms with van der Waals surface area (Å²) in [7, 11) is 4.07. The van der Waals surface area contributed by atoms with Gasteiger partial charge in [-0.25, -0.2) is 4.98 Å². The number of aryl methyl sites for hydroxylation is 2. The Morgan fingerprint density at radius 2 is 2.17 bits per heavy atom. The van der Waals surface area contributed by atoms with E-state index in [2.05, 4.69) is 27.3 Å². The van der Waals surface area contributed by atoms with Gasteiger partial charge < -0.3 is 14.8 Å². The van der Waals surface area contributed by atoms with Gasteiger partial charge in [-0.05, 0) is 38.3 Å². The molecule has 2 aromatic rings. The Morgan fingerprint density at radius 1 is 1.33 bits per heavy atom. The van der Waals surface area contributed by atoms with Crippen molar-refractivity contribution in [2.75, 3.05) is 13.6 Å². The zero-order valence-electron chi connectivity index (χ0n) is 14.3. The van der Waals surface area contributed by atoms with Crippen molar-refractivity contribution in [2.45, 2.75) is 38.4 Å². The van der Waals surface area contributed by atoms with E-state index in [0.717, 1.165) is 50.4 Å². The Balaban J connectivity index is 1.53. The molecule has 7 nitrogen and oxygen atoms in total. The minimum absolute atomic E-state index is 0.0262. The number of carbonyl (C=O) groups is 1. The van der Waals surface area contributed by atoms with Gasteiger partial charge in [-0.1, -0.05) is 0 Å². The van der Waals surface area contributed by atoms with Crippen LogP contribution in [0.25, 0.3) is 0 Å². The van der Waals surface area contributed by atoms with E-state index in [1.165, 1.54) is 0 Å². The molecule has 1 N–H and O–H groups in total. The second kappa shape index (κ2) is 6.05. The third-order valence-corrected chi connectivity index (χ3v) is 4.95. The van der Waals surface area contributed by atoms with Crippen molar-refractivity contribution in [1.82, 2.24) is 29.5 Å². The van der Waals surface area contributed by atoms with Crippen molar-refractivity contribution < 1.29 is 4.79 Å². The van der Waals surface area contributed by atoms with Crippen LogP contribution in [0.1, 0.15) is 47.3 Å². The summed E-state index contributed by atoms with van der Waals surface area (Å²) >= 11 is 0. The predicted octanol–water partition coefficient (Wildman–Crippen LogP) is 1.33. The van der Waals surface area contributed by atoms with Crippen LogP contribution in [0.2, 0.25) is 0 Å². The minimum Gasteiger partial charge on any atom is -0.340 e. The lowest BCUT2D eigenvalue weighted by atomic mass is 10.1. The number of fused-ring (bicyclic) bond motifs is 1. The first-order valence-corrected chi connectivity index (χ1v) is 8.65. The second-order valence-electron chi connectivity index (χ2n) is 7.02. The highest BCUT2D eigenvalue weighted by Gasteiger charge is 2.36. The fraction of sp³-hybridized carbons (Fsp3) is 0.588. The summed E-state index contributed by atoms with van der Waals surface area (Å²) in [6.07, 6.45) is 7.05. The van der Waals surface area contributed by atoms with Crippen LogP contribution < -0.4 is 5.32 Å². The quantitative estimate of drug-likeness (QED) is 0.919. The van der Waals surface area contributed by atoms with Crippen LogP contribution in [-0.2, 0) is 20.1 Å². The average molecular weight is 328 g/mol. The maximum Gasteiger partial charge on any atom is 0.272 e. The van der Waals surface area contributed by atoms with Crippen LogP contribution in [0.3, 0.4) is 0 Å². The lowest BCUT2D eigenvalue weighted by Gasteiger charge is -2.17. The maximum absolute atomic E-state index is 12.7. The standard InChI is InChI=1S/C17H24N6O/c1-21-7-3-8-23-13(11-21)10-14(20-23)17(24)19-15(12-4-5-12)16-18-6-9-22(16)2/h6,9-10,12,15H,3-5,7-8,11H2,1-2H3,(H,19,24)/t15-/m0/s1. The Hall–Kier alpha value is -2.15. The van der Waals surface area contributed by atoms with Gasteiger partial charge in [0.2, 0.25) is 0 Å². The molecule has 128 valence electrons. The molecule has 3 heterocycles. The summed E-state index contributed by atoms with van der Waals surface area (Å²) in [5, 5.41) is 7.70. The number of carbonyl (C=O) groups excluding carboxylic acids is 1. The van der Waals surface area contributed by atoms with Crippen LogP contribution >= 0.6 is 0 Å². The lowest BCUT2D eigenvalue weighted by molar-refractivity contribution is 0.0923. The number of rotatable bonds is 4. The number of imidazole rings is 1. The number of nitrogens with one attached hydrogen (secondary N) is 1. The molecule has 1 amide bonds. The van der Waals surface area contributed by atoms with Crippen molar-refractivity contribution in [2.24, 2.45) is 13.0 Å². The zero-order chi connectivity index (χ0) is 16.7. The summed E-state index contributed by atoms with van der Waals surface area (Å²) < 4.78 is 3.96. The SMILES string of the molecule is CN1CCCn2nc(C(=O)N[C@H](c3nccn3C)C3CC3)cc2C1. The zero-order valence-corrected chi connectivity index (χ0v) is 14.3. The molecule has 1 fully saturated rings. The molecule has 2 aromatic heterocycles. The van der Waals surface area contributed by atoms with Crippen LogP contribution in [0, 0.1) is 5.92 Å². The van der Waals surface area contributed by atoms with E-state index in [1.807, 2.05) is 28.6 Å². The molecule has 0 radical (unpaired) electrons. The molecule has 1 aliphatic heterocycles. The van der Waals surface area contributed by atoms with E-state index in [4.69, 9.17) is 0 Å². The number of aromatic nitrogens is 4. The number of nitrogens with zero attached hydrogens (tertiary/aromatic N) is 5. The number of amides is 1. The van der Waals surface area contributed by atoms with Crippen LogP contribution in [0.15, 0.2) is 18.5 Å². The molecule has 0 aromatic carbocycles. The van der Waals surface area contributed by atoms with Gasteiger partial charge in [0.1, 0.15) is 5.82 Å². The van der Waals surface area contributed by atoms with Gasteiger partial charge in [0, 0.05) is 39.1 Å². The van der Waals surface area contributed by atoms with Crippen molar-refractivity contribution in [3.05, 3.63) is 35.7 Å². The summed E-state index contributed by atoms with van der Waals surface area (Å²) in [6, 6.07) is 1.90. The first-order chi connectivity index (χ1) is 11.6. The third kappa shape index (κ3) is 2.96. The van der Waals surface area contributed by atoms with E-state index in [0.29, 0.717) is 11.6 Å². The minimum atomic E-state index is -0.0990. The summed E-state index contributed by atoms with van der Waals surface area (Å²) in [6.45, 7) is 2.78. The van der Waals surface area contributed by atoms with Crippen molar-refractivity contribution in [1.29, 1.82) is 0 Å². The van der Waals surface area contributed by atoms with E-state index < -0.39 is 0 Å². The molecular formula is C17H24N6O. The monoisotopic (exact) mass is 328 g/mol. The van der Waals surface area contributed by atoms with Gasteiger partial charge in [-0.2, -0.15) is 5.10 Å². The van der Waals surface area contributed by atoms with Crippen molar-refractivity contribution >= 4 is 5.91 Å². The molecule has 7 heteroatoms. The van der Waals surface area contributed by atoms with Crippen LogP contribution in [-0.4, -0.2) is 43.7 Å². The average Bonchev–Trinajstić information content (AvgIpc) is 3.23. The van der Waals surface area contributed by atoms with Gasteiger partial charge >= 0.3 is 0 Å². The van der Waals surface area contributed by atoms with E-state index in [9.17, 15) is 4.79 Å². The highest BCUT2D eigenvalue weighted by molar-refractivity contribution is 5.92. The summed E-state index contributed by atoms with van der Waals surface area (Å²) in [5.41, 5.74) is 1.63. The Labute approximate surface area is 141 Å². The number of hydrogen-bond acceptors (Lipinski definition) is 4. The fourth-order valence-electron chi connectivity index (χ4n) is 3.45. The first kappa shape index (κ1) is 15.4. The topological polar surface area (TPSA) is 68.0 Å². The molecule has 0 bridgehead atoms. The highest BCUT2D eigenvalue weighted by atomic mass is 16.2. The van der Waals surface area contributed by atoms with Crippen molar-refractivity contribution in [3.63, 3.8) is 0 Å². The fourth-order valence-corrected chi connectivity index (χ4v) is 3.45. The smallest absolute Gasteiger partial charge is 0.272 e. The van der Waals surface area contributed by atoms with Crippen molar-refractivity contribution in [3.8, 4) is 0 Å². The lowest BCUT2D eigenvalue weighted by Crippen LogP contribution is -2.32. The van der Waals surface area contributed by atoms with E-state index >= 15 is 0 Å². The maximum atomic E-state index is 12.7. The first-order valence-electron chi connectivity index (χ1n) is 8.65. The number of hydrogen-bond donors (Lipinski definition) is 1. The van der Waals surface area contributed by atoms with Gasteiger partial charge in [-0.15, -0.1) is 0 Å². The van der Waals surface area contributed by atoms with Gasteiger partial charge in [0.05, 0.1) is 11.7 Å². The largest absolute Gasteiger partial charge is 0.340 e. The van der Waals surface area contributed by atoms with Crippen LogP contribution in [0.4, 0.5) is 0 Å². The normalized spacial score (nSPS) is 19.6. The van der Waals surface area contributed by atoms with Gasteiger partial charge in [-0.3, -0.25) is 9.48 Å². The Kier molecular flexibility index (Phi) is 3.88. The molecule has 0 unspecified atom stereocenters. The summed E-state index contributed by atoms with van der Waals surface area (Å²) in [4.78, 5) is 19.4. The van der Waals surface area contributed by atoms with Gasteiger partial charge in [0.25, 0.3) is 5.91 Å². The molecular weight excluding hydrogens is 304 g/mol. The molecule has 1 aliphatic carbocycles. The van der Waals surface area contributed by atoms with Crippen LogP contribution in [0.5, 0.6) is 0 Å². The Bertz CT molecular complexity index is 744. The van der Waals surface area contributed by atoms with Gasteiger partial charge in [0.15, 0.2) is 5.69 Å². The molecule has 1 atom stereocenters. The molecule has 0 saturated heterocycles. The Morgan fingerprint density at radius 3 is 2.88 bits per heavy atom. The highest BCUT2D eigenvalue weighted by Crippen LogP contribution is 2.40. The third-order valence-electron chi connectivity index (χ3n) is 4.95. The summed E-state index contributed by atoms with van der Waals surface area (Å²) in [5.74, 6) is 1.31. The van der Waals surface area contributed by atoms with E-state index in [-0.39, 0.29) is 11.9 Å². The second-order valence-corrected chi connectivity index (χ2v) is 7.02. The predicted molar refractivity (Wildman–Crippen MR) is 89.3 cm³/mol.